The van der Waals surface area contributed by atoms with E-state index in [9.17, 15) is 4.39 Å². The summed E-state index contributed by atoms with van der Waals surface area (Å²) >= 11 is 0. The first-order valence-corrected chi connectivity index (χ1v) is 4.14. The van der Waals surface area contributed by atoms with Crippen LogP contribution in [0.4, 0.5) is 10.1 Å². The normalized spacial score (nSPS) is 10.2. The van der Waals surface area contributed by atoms with E-state index in [1.165, 1.54) is 12.3 Å². The van der Waals surface area contributed by atoms with E-state index in [-0.39, 0.29) is 5.82 Å². The van der Waals surface area contributed by atoms with Crippen LogP contribution in [0, 0.1) is 5.82 Å². The van der Waals surface area contributed by atoms with Crippen molar-refractivity contribution in [2.75, 3.05) is 5.73 Å². The molecule has 0 saturated heterocycles. The first kappa shape index (κ1) is 8.97. The number of aryl methyl sites for hydroxylation is 1. The van der Waals surface area contributed by atoms with Crippen LogP contribution in [-0.4, -0.2) is 4.98 Å². The third-order valence-electron chi connectivity index (χ3n) is 1.71. The number of pyridine rings is 1. The molecule has 0 spiro atoms. The second-order valence-electron chi connectivity index (χ2n) is 2.80. The lowest BCUT2D eigenvalue weighted by molar-refractivity contribution is 0.592. The predicted octanol–water partition coefficient (Wildman–Crippen LogP) is 2.15. The minimum absolute atomic E-state index is 0.288. The minimum atomic E-state index is -0.288. The summed E-state index contributed by atoms with van der Waals surface area (Å²) in [5.41, 5.74) is 6.26. The van der Waals surface area contributed by atoms with E-state index in [1.807, 2.05) is 0 Å². The molecule has 0 aliphatic rings. The average Bonchev–Trinajstić information content (AvgIpc) is 2.03. The van der Waals surface area contributed by atoms with E-state index in [2.05, 4.69) is 11.9 Å². The zero-order valence-corrected chi connectivity index (χ0v) is 7.18. The quantitative estimate of drug-likeness (QED) is 0.751. The summed E-state index contributed by atoms with van der Waals surface area (Å²) in [5, 5.41) is 0. The molecule has 1 aromatic rings. The summed E-state index contributed by atoms with van der Waals surface area (Å²) in [6.07, 6.45) is 4.20. The Bertz CT molecular complexity index is 261. The molecule has 2 nitrogen and oxygen atoms in total. The largest absolute Gasteiger partial charge is 0.397 e. The second kappa shape index (κ2) is 4.04. The van der Waals surface area contributed by atoms with Gasteiger partial charge >= 0.3 is 0 Å². The molecule has 0 unspecified atom stereocenters. The van der Waals surface area contributed by atoms with Gasteiger partial charge in [0.15, 0.2) is 0 Å². The van der Waals surface area contributed by atoms with Crippen molar-refractivity contribution in [1.29, 1.82) is 0 Å². The number of rotatable bonds is 3. The van der Waals surface area contributed by atoms with Crippen LogP contribution in [-0.2, 0) is 6.42 Å². The monoisotopic (exact) mass is 168 g/mol. The molecular weight excluding hydrogens is 155 g/mol. The zero-order valence-electron chi connectivity index (χ0n) is 7.18. The molecule has 0 atom stereocenters. The van der Waals surface area contributed by atoms with Crippen LogP contribution in [0.2, 0.25) is 0 Å². The lowest BCUT2D eigenvalue weighted by atomic mass is 10.2. The number of anilines is 1. The van der Waals surface area contributed by atoms with Gasteiger partial charge in [0.2, 0.25) is 0 Å². The van der Waals surface area contributed by atoms with Gasteiger partial charge in [-0.15, -0.1) is 0 Å². The molecule has 1 rings (SSSR count). The molecule has 0 radical (unpaired) electrons. The Morgan fingerprint density at radius 3 is 2.92 bits per heavy atom. The van der Waals surface area contributed by atoms with E-state index < -0.39 is 0 Å². The number of nitrogens with zero attached hydrogens (tertiary/aromatic N) is 1. The summed E-state index contributed by atoms with van der Waals surface area (Å²) in [6.45, 7) is 2.06. The smallest absolute Gasteiger partial charge is 0.146 e. The molecule has 0 bridgehead atoms. The maximum absolute atomic E-state index is 13.0. The molecular formula is C9H13FN2. The van der Waals surface area contributed by atoms with Gasteiger partial charge in [-0.1, -0.05) is 13.3 Å². The zero-order chi connectivity index (χ0) is 8.97. The van der Waals surface area contributed by atoms with Crippen molar-refractivity contribution in [2.45, 2.75) is 26.2 Å². The van der Waals surface area contributed by atoms with E-state index in [1.54, 1.807) is 0 Å². The second-order valence-corrected chi connectivity index (χ2v) is 2.80. The van der Waals surface area contributed by atoms with Gasteiger partial charge in [-0.2, -0.15) is 0 Å². The molecule has 3 heteroatoms. The maximum Gasteiger partial charge on any atom is 0.146 e. The molecule has 2 N–H and O–H groups in total. The van der Waals surface area contributed by atoms with Gasteiger partial charge in [-0.05, 0) is 12.8 Å². The van der Waals surface area contributed by atoms with E-state index in [4.69, 9.17) is 5.73 Å². The first-order valence-electron chi connectivity index (χ1n) is 4.14. The number of nitrogens with two attached hydrogens (primary N) is 1. The molecule has 0 aromatic carbocycles. The summed E-state index contributed by atoms with van der Waals surface area (Å²) in [5.74, 6) is -0.288. The lowest BCUT2D eigenvalue weighted by Crippen LogP contribution is -1.97. The van der Waals surface area contributed by atoms with Crippen molar-refractivity contribution in [3.8, 4) is 0 Å². The third kappa shape index (κ3) is 2.19. The fraction of sp³-hybridized carbons (Fsp3) is 0.444. The van der Waals surface area contributed by atoms with Crippen molar-refractivity contribution in [1.82, 2.24) is 4.98 Å². The van der Waals surface area contributed by atoms with Crippen LogP contribution in [0.15, 0.2) is 12.3 Å². The molecule has 0 amide bonds. The number of aromatic nitrogens is 1. The molecule has 66 valence electrons. The van der Waals surface area contributed by atoms with Crippen molar-refractivity contribution < 1.29 is 4.39 Å². The summed E-state index contributed by atoms with van der Waals surface area (Å²) < 4.78 is 13.0. The van der Waals surface area contributed by atoms with Crippen LogP contribution in [0.25, 0.3) is 0 Å². The van der Waals surface area contributed by atoms with Gasteiger partial charge in [0.1, 0.15) is 5.82 Å². The Kier molecular flexibility index (Phi) is 3.02. The number of nitrogen functional groups attached to an aromatic ring is 1. The molecule has 1 heterocycles. The first-order chi connectivity index (χ1) is 5.74. The molecule has 0 aliphatic carbocycles. The number of hydrogen-bond donors (Lipinski definition) is 1. The minimum Gasteiger partial charge on any atom is -0.397 e. The topological polar surface area (TPSA) is 38.9 Å². The fourth-order valence-electron chi connectivity index (χ4n) is 1.01. The predicted molar refractivity (Wildman–Crippen MR) is 47.2 cm³/mol. The van der Waals surface area contributed by atoms with E-state index in [0.717, 1.165) is 12.8 Å². The van der Waals surface area contributed by atoms with Gasteiger partial charge in [-0.3, -0.25) is 4.98 Å². The third-order valence-corrected chi connectivity index (χ3v) is 1.71. The Labute approximate surface area is 71.6 Å². The average molecular weight is 168 g/mol. The van der Waals surface area contributed by atoms with Crippen LogP contribution in [0.3, 0.4) is 0 Å². The van der Waals surface area contributed by atoms with Crippen molar-refractivity contribution in [2.24, 2.45) is 0 Å². The van der Waals surface area contributed by atoms with Gasteiger partial charge < -0.3 is 5.73 Å². The number of halogens is 1. The Morgan fingerprint density at radius 2 is 2.33 bits per heavy atom. The van der Waals surface area contributed by atoms with Crippen molar-refractivity contribution in [3.05, 3.63) is 23.8 Å². The maximum atomic E-state index is 13.0. The molecule has 0 aliphatic heterocycles. The highest BCUT2D eigenvalue weighted by atomic mass is 19.1. The Hall–Kier alpha value is -1.12. The van der Waals surface area contributed by atoms with Gasteiger partial charge in [0.05, 0.1) is 17.6 Å². The fourth-order valence-corrected chi connectivity index (χ4v) is 1.01. The molecule has 0 fully saturated rings. The summed E-state index contributed by atoms with van der Waals surface area (Å²) in [4.78, 5) is 3.92. The van der Waals surface area contributed by atoms with Crippen molar-refractivity contribution in [3.63, 3.8) is 0 Å². The highest BCUT2D eigenvalue weighted by Crippen LogP contribution is 2.10. The lowest BCUT2D eigenvalue weighted by Gasteiger charge is -2.00. The molecule has 0 saturated carbocycles. The van der Waals surface area contributed by atoms with E-state index >= 15 is 0 Å². The van der Waals surface area contributed by atoms with Gasteiger partial charge in [-0.25, -0.2) is 4.39 Å². The van der Waals surface area contributed by atoms with Gasteiger partial charge in [0.25, 0.3) is 0 Å². The van der Waals surface area contributed by atoms with Crippen LogP contribution in [0.5, 0.6) is 0 Å². The van der Waals surface area contributed by atoms with Crippen LogP contribution >= 0.6 is 0 Å². The highest BCUT2D eigenvalue weighted by molar-refractivity contribution is 5.35. The Morgan fingerprint density at radius 1 is 1.58 bits per heavy atom. The molecule has 12 heavy (non-hydrogen) atoms. The van der Waals surface area contributed by atoms with Crippen LogP contribution in [0.1, 0.15) is 25.5 Å². The molecule has 1 aromatic heterocycles. The van der Waals surface area contributed by atoms with Crippen LogP contribution < -0.4 is 5.73 Å². The van der Waals surface area contributed by atoms with E-state index in [0.29, 0.717) is 17.8 Å². The van der Waals surface area contributed by atoms with Gasteiger partial charge in [0, 0.05) is 6.07 Å². The number of unbranched alkanes of at least 4 members (excludes halogenated alkanes) is 1. The summed E-state index contributed by atoms with van der Waals surface area (Å²) in [7, 11) is 0. The SMILES string of the molecule is CCCCc1ncc(N)cc1F. The summed E-state index contributed by atoms with van der Waals surface area (Å²) in [6, 6.07) is 1.32. The number of hydrogen-bond acceptors (Lipinski definition) is 2. The Balaban J connectivity index is 2.72. The standard InChI is InChI=1S/C9H13FN2/c1-2-3-4-9-8(10)5-7(11)6-12-9/h5-6H,2-4,11H2,1H3. The highest BCUT2D eigenvalue weighted by Gasteiger charge is 2.02. The van der Waals surface area contributed by atoms with Crippen molar-refractivity contribution >= 4 is 5.69 Å².